The summed E-state index contributed by atoms with van der Waals surface area (Å²) < 4.78 is 0. The first-order valence-corrected chi connectivity index (χ1v) is 13.1. The molecule has 0 fully saturated rings. The molecule has 0 radical (unpaired) electrons. The molecule has 0 aromatic carbocycles. The first-order valence-electron chi connectivity index (χ1n) is 2.12. The Kier molecular flexibility index (Phi) is 7.41. The van der Waals surface area contributed by atoms with Crippen molar-refractivity contribution in [1.29, 1.82) is 0 Å². The van der Waals surface area contributed by atoms with Gasteiger partial charge in [0.2, 0.25) is 0 Å². The molecule has 48 valence electrons. The van der Waals surface area contributed by atoms with Gasteiger partial charge in [0.1, 0.15) is 0 Å². The summed E-state index contributed by atoms with van der Waals surface area (Å²) in [5, 5.41) is 0. The fraction of sp³-hybridized carbons (Fsp3) is 1.00. The van der Waals surface area contributed by atoms with Crippen LogP contribution in [0.25, 0.3) is 0 Å². The van der Waals surface area contributed by atoms with E-state index in [1.807, 2.05) is 0 Å². The van der Waals surface area contributed by atoms with Gasteiger partial charge in [0, 0.05) is 24.1 Å². The van der Waals surface area contributed by atoms with E-state index in [4.69, 9.17) is 0 Å². The Labute approximate surface area is 71.6 Å². The molecule has 0 aliphatic carbocycles. The molecule has 4 heteroatoms. The predicted molar refractivity (Wildman–Crippen MR) is 45.9 cm³/mol. The summed E-state index contributed by atoms with van der Waals surface area (Å²) in [5.74, 6) is 0. The van der Waals surface area contributed by atoms with E-state index < -0.39 is 7.59 Å². The summed E-state index contributed by atoms with van der Waals surface area (Å²) in [6.07, 6.45) is 0. The van der Waals surface area contributed by atoms with E-state index in [2.05, 4.69) is 41.4 Å². The third kappa shape index (κ3) is 11.3. The summed E-state index contributed by atoms with van der Waals surface area (Å²) in [7, 11) is -0.506. The van der Waals surface area contributed by atoms with Crippen LogP contribution in [0.1, 0.15) is 0 Å². The van der Waals surface area contributed by atoms with Gasteiger partial charge in [-0.3, -0.25) is 0 Å². The van der Waals surface area contributed by atoms with Crippen LogP contribution in [0.3, 0.4) is 0 Å². The Bertz CT molecular complexity index is 42.7. The van der Waals surface area contributed by atoms with Crippen molar-refractivity contribution in [3.05, 3.63) is 0 Å². The van der Waals surface area contributed by atoms with Crippen LogP contribution in [0.5, 0.6) is 0 Å². The molecule has 7 heavy (non-hydrogen) atoms. The quantitative estimate of drug-likeness (QED) is 0.388. The topological polar surface area (TPSA) is 0 Å². The summed E-state index contributed by atoms with van der Waals surface area (Å²) in [6, 6.07) is 0. The Morgan fingerprint density at radius 1 is 1.29 bits per heavy atom. The number of hydrogen-bond acceptors (Lipinski definition) is 0. The summed E-state index contributed by atoms with van der Waals surface area (Å²) >= 11 is 2.59. The maximum Gasteiger partial charge on any atom is 0.0867 e. The van der Waals surface area contributed by atoms with Crippen LogP contribution in [0, 0.1) is 0 Å². The smallest absolute Gasteiger partial charge is 0.0867 e. The molecule has 0 aromatic rings. The minimum atomic E-state index is -0.506. The maximum absolute atomic E-state index is 2.59. The van der Waals surface area contributed by atoms with Crippen LogP contribution >= 0.6 is 21.8 Å². The van der Waals surface area contributed by atoms with Gasteiger partial charge < -0.3 is 0 Å². The zero-order valence-corrected chi connectivity index (χ0v) is 10.5. The van der Waals surface area contributed by atoms with E-state index in [1.165, 1.54) is 0 Å². The molecule has 0 atom stereocenters. The standard InChI is InChI=1S/C3H11ISi2.Ni/c1-6(2,3)5-4;/h5H2,1-3H3;. The van der Waals surface area contributed by atoms with Gasteiger partial charge in [0.15, 0.2) is 0 Å². The van der Waals surface area contributed by atoms with Gasteiger partial charge in [-0.1, -0.05) is 19.6 Å². The number of hydrogen-bond donors (Lipinski definition) is 0. The van der Waals surface area contributed by atoms with Crippen molar-refractivity contribution in [1.82, 2.24) is 0 Å². The SMILES string of the molecule is C[Si](C)(C)[SiH2]I.[Ni]. The molecule has 0 nitrogen and oxygen atoms in total. The minimum absolute atomic E-state index is 0. The van der Waals surface area contributed by atoms with Gasteiger partial charge in [-0.2, -0.15) is 0 Å². The second kappa shape index (κ2) is 4.53. The number of halogens is 1. The average Bonchev–Trinajstić information content (AvgIpc) is 1.35. The van der Waals surface area contributed by atoms with Crippen LogP contribution in [0.15, 0.2) is 0 Å². The van der Waals surface area contributed by atoms with Crippen molar-refractivity contribution in [3.63, 3.8) is 0 Å². The van der Waals surface area contributed by atoms with Crippen molar-refractivity contribution < 1.29 is 16.5 Å². The van der Waals surface area contributed by atoms with Crippen molar-refractivity contribution in [2.75, 3.05) is 0 Å². The molecule has 0 spiro atoms. The molecular weight excluding hydrogens is 278 g/mol. The molecular formula is C3H11INiSi2. The Balaban J connectivity index is 0. The monoisotopic (exact) mass is 288 g/mol. The van der Waals surface area contributed by atoms with Gasteiger partial charge in [-0.15, -0.1) is 21.8 Å². The first kappa shape index (κ1) is 11.5. The van der Waals surface area contributed by atoms with Crippen molar-refractivity contribution >= 4 is 35.9 Å². The molecule has 0 amide bonds. The Hall–Kier alpha value is 1.66. The molecule has 0 aromatic heterocycles. The molecule has 0 unspecified atom stereocenters. The predicted octanol–water partition coefficient (Wildman–Crippen LogP) is 1.34. The molecule has 0 heterocycles. The molecule has 0 aliphatic heterocycles. The van der Waals surface area contributed by atoms with Crippen molar-refractivity contribution in [2.45, 2.75) is 19.6 Å². The molecule has 0 bridgehead atoms. The van der Waals surface area contributed by atoms with Crippen LogP contribution in [0.2, 0.25) is 19.6 Å². The average molecular weight is 289 g/mol. The molecule has 0 rings (SSSR count). The first-order chi connectivity index (χ1) is 2.56. The van der Waals surface area contributed by atoms with Gasteiger partial charge >= 0.3 is 0 Å². The molecule has 0 saturated heterocycles. The van der Waals surface area contributed by atoms with E-state index in [0.717, 1.165) is 0 Å². The summed E-state index contributed by atoms with van der Waals surface area (Å²) in [5.41, 5.74) is 0. The Morgan fingerprint density at radius 3 is 1.43 bits per heavy atom. The molecule has 0 saturated carbocycles. The number of rotatable bonds is 1. The van der Waals surface area contributed by atoms with E-state index in [9.17, 15) is 0 Å². The minimum Gasteiger partial charge on any atom is -0.131 e. The maximum atomic E-state index is 2.59. The van der Waals surface area contributed by atoms with Gasteiger partial charge in [0.25, 0.3) is 0 Å². The largest absolute Gasteiger partial charge is 0.131 e. The zero-order chi connectivity index (χ0) is 5.21. The van der Waals surface area contributed by atoms with Gasteiger partial charge in [0.05, 0.1) is 6.53 Å². The second-order valence-corrected chi connectivity index (χ2v) is 22.1. The Morgan fingerprint density at radius 2 is 1.43 bits per heavy atom. The third-order valence-corrected chi connectivity index (χ3v) is 24.2. The van der Waals surface area contributed by atoms with Crippen LogP contribution in [-0.4, -0.2) is 14.1 Å². The van der Waals surface area contributed by atoms with Crippen LogP contribution < -0.4 is 0 Å². The van der Waals surface area contributed by atoms with Crippen molar-refractivity contribution in [2.24, 2.45) is 0 Å². The fourth-order valence-electron chi connectivity index (χ4n) is 0. The van der Waals surface area contributed by atoms with E-state index in [1.54, 1.807) is 0 Å². The summed E-state index contributed by atoms with van der Waals surface area (Å²) in [4.78, 5) is 0. The summed E-state index contributed by atoms with van der Waals surface area (Å²) in [6.45, 7) is 7.67. The fourth-order valence-corrected chi connectivity index (χ4v) is 0. The van der Waals surface area contributed by atoms with E-state index >= 15 is 0 Å². The third-order valence-electron chi connectivity index (χ3n) is 0.401. The second-order valence-electron chi connectivity index (χ2n) is 2.69. The molecule has 0 aliphatic rings. The zero-order valence-electron chi connectivity index (χ0n) is 4.90. The van der Waals surface area contributed by atoms with Gasteiger partial charge in [-0.25, -0.2) is 0 Å². The molecule has 0 N–H and O–H groups in total. The van der Waals surface area contributed by atoms with Crippen molar-refractivity contribution in [3.8, 4) is 0 Å². The van der Waals surface area contributed by atoms with Crippen LogP contribution in [-0.2, 0) is 16.5 Å². The van der Waals surface area contributed by atoms with Gasteiger partial charge in [-0.05, 0) is 0 Å². The van der Waals surface area contributed by atoms with Crippen LogP contribution in [0.4, 0.5) is 0 Å². The normalized spacial score (nSPS) is 12.0. The van der Waals surface area contributed by atoms with E-state index in [0.29, 0.717) is 6.53 Å². The van der Waals surface area contributed by atoms with E-state index in [-0.39, 0.29) is 16.5 Å².